The Morgan fingerprint density at radius 1 is 1.22 bits per heavy atom. The zero-order chi connectivity index (χ0) is 12.4. The molecule has 0 radical (unpaired) electrons. The molecule has 0 saturated carbocycles. The number of fused-ring (bicyclic) bond motifs is 1. The quantitative estimate of drug-likeness (QED) is 0.763. The fraction of sp³-hybridized carbons (Fsp3) is 0.214. The van der Waals surface area contributed by atoms with Crippen LogP contribution in [0.15, 0.2) is 47.2 Å². The molecule has 92 valence electrons. The van der Waals surface area contributed by atoms with E-state index in [9.17, 15) is 0 Å². The highest BCUT2D eigenvalue weighted by molar-refractivity contribution is 5.62. The molecule has 18 heavy (non-hydrogen) atoms. The van der Waals surface area contributed by atoms with Gasteiger partial charge in [0, 0.05) is 6.20 Å². The Bertz CT molecular complexity index is 640. The Morgan fingerprint density at radius 3 is 2.94 bits per heavy atom. The van der Waals surface area contributed by atoms with E-state index in [1.165, 1.54) is 0 Å². The molecular formula is C14H15N3O. The third-order valence-corrected chi connectivity index (χ3v) is 2.98. The van der Waals surface area contributed by atoms with Gasteiger partial charge in [-0.25, -0.2) is 4.98 Å². The van der Waals surface area contributed by atoms with Crippen LogP contribution < -0.4 is 5.73 Å². The lowest BCUT2D eigenvalue weighted by atomic mass is 10.2. The molecule has 0 aliphatic rings. The topological polar surface area (TPSA) is 56.5 Å². The molecule has 3 heterocycles. The number of nitrogens with two attached hydrogens (primary N) is 1. The lowest BCUT2D eigenvalue weighted by Gasteiger charge is -1.97. The number of aromatic nitrogens is 2. The van der Waals surface area contributed by atoms with E-state index in [2.05, 4.69) is 15.5 Å². The Balaban J connectivity index is 2.14. The SMILES string of the molecule is NCCCc1nc(-c2ccco2)n2ccccc12. The number of hydrogen-bond donors (Lipinski definition) is 1. The van der Waals surface area contributed by atoms with Crippen LogP contribution in [0.5, 0.6) is 0 Å². The van der Waals surface area contributed by atoms with Gasteiger partial charge in [-0.05, 0) is 43.7 Å². The molecule has 0 fully saturated rings. The van der Waals surface area contributed by atoms with Crippen LogP contribution in [-0.4, -0.2) is 15.9 Å². The van der Waals surface area contributed by atoms with E-state index in [4.69, 9.17) is 10.2 Å². The van der Waals surface area contributed by atoms with Crippen molar-refractivity contribution < 1.29 is 4.42 Å². The molecule has 3 aromatic rings. The van der Waals surface area contributed by atoms with E-state index in [0.29, 0.717) is 6.54 Å². The Kier molecular flexibility index (Phi) is 2.86. The van der Waals surface area contributed by atoms with E-state index in [-0.39, 0.29) is 0 Å². The van der Waals surface area contributed by atoms with Gasteiger partial charge in [0.05, 0.1) is 17.5 Å². The molecule has 4 heteroatoms. The maximum atomic E-state index is 5.57. The summed E-state index contributed by atoms with van der Waals surface area (Å²) in [6, 6.07) is 9.89. The first-order chi connectivity index (χ1) is 8.90. The summed E-state index contributed by atoms with van der Waals surface area (Å²) in [5.74, 6) is 1.64. The van der Waals surface area contributed by atoms with Gasteiger partial charge in [0.1, 0.15) is 0 Å². The molecule has 0 aliphatic heterocycles. The molecule has 0 unspecified atom stereocenters. The van der Waals surface area contributed by atoms with Gasteiger partial charge >= 0.3 is 0 Å². The van der Waals surface area contributed by atoms with Gasteiger partial charge in [-0.1, -0.05) is 6.07 Å². The molecule has 0 saturated heterocycles. The van der Waals surface area contributed by atoms with Gasteiger partial charge in [-0.2, -0.15) is 0 Å². The molecule has 0 amide bonds. The van der Waals surface area contributed by atoms with Crippen LogP contribution in [0.25, 0.3) is 17.1 Å². The highest BCUT2D eigenvalue weighted by Crippen LogP contribution is 2.23. The van der Waals surface area contributed by atoms with Crippen LogP contribution in [0, 0.1) is 0 Å². The minimum atomic E-state index is 0.682. The van der Waals surface area contributed by atoms with E-state index in [0.717, 1.165) is 35.6 Å². The summed E-state index contributed by atoms with van der Waals surface area (Å²) >= 11 is 0. The van der Waals surface area contributed by atoms with Crippen molar-refractivity contribution in [3.63, 3.8) is 0 Å². The maximum Gasteiger partial charge on any atom is 0.181 e. The van der Waals surface area contributed by atoms with Crippen molar-refractivity contribution in [2.75, 3.05) is 6.54 Å². The summed E-state index contributed by atoms with van der Waals surface area (Å²) in [6.45, 7) is 0.682. The molecule has 4 nitrogen and oxygen atoms in total. The molecule has 0 aromatic carbocycles. The van der Waals surface area contributed by atoms with E-state index >= 15 is 0 Å². The largest absolute Gasteiger partial charge is 0.461 e. The highest BCUT2D eigenvalue weighted by atomic mass is 16.3. The van der Waals surface area contributed by atoms with Crippen molar-refractivity contribution in [1.29, 1.82) is 0 Å². The summed E-state index contributed by atoms with van der Waals surface area (Å²) < 4.78 is 7.50. The second kappa shape index (κ2) is 4.66. The summed E-state index contributed by atoms with van der Waals surface area (Å²) in [7, 11) is 0. The normalized spacial score (nSPS) is 11.2. The van der Waals surface area contributed by atoms with Crippen molar-refractivity contribution in [3.8, 4) is 11.6 Å². The molecule has 0 atom stereocenters. The van der Waals surface area contributed by atoms with Gasteiger partial charge in [0.2, 0.25) is 0 Å². The van der Waals surface area contributed by atoms with Crippen LogP contribution >= 0.6 is 0 Å². The van der Waals surface area contributed by atoms with Crippen molar-refractivity contribution >= 4 is 5.52 Å². The van der Waals surface area contributed by atoms with Gasteiger partial charge in [-0.15, -0.1) is 0 Å². The van der Waals surface area contributed by atoms with Gasteiger partial charge in [0.15, 0.2) is 11.6 Å². The van der Waals surface area contributed by atoms with E-state index in [1.807, 2.05) is 30.5 Å². The third-order valence-electron chi connectivity index (χ3n) is 2.98. The number of nitrogens with zero attached hydrogens (tertiary/aromatic N) is 2. The Hall–Kier alpha value is -2.07. The Morgan fingerprint density at radius 2 is 2.17 bits per heavy atom. The van der Waals surface area contributed by atoms with Crippen LogP contribution in [0.1, 0.15) is 12.1 Å². The highest BCUT2D eigenvalue weighted by Gasteiger charge is 2.13. The number of rotatable bonds is 4. The number of hydrogen-bond acceptors (Lipinski definition) is 3. The number of aryl methyl sites for hydroxylation is 1. The van der Waals surface area contributed by atoms with Crippen molar-refractivity contribution in [1.82, 2.24) is 9.38 Å². The van der Waals surface area contributed by atoms with Gasteiger partial charge in [0.25, 0.3) is 0 Å². The van der Waals surface area contributed by atoms with Gasteiger partial charge in [-0.3, -0.25) is 4.40 Å². The standard InChI is InChI=1S/C14H15N3O/c15-8-3-5-11-12-6-1-2-9-17(12)14(16-11)13-7-4-10-18-13/h1-2,4,6-7,9-10H,3,5,8,15H2. The summed E-state index contributed by atoms with van der Waals surface area (Å²) in [5, 5.41) is 0. The monoisotopic (exact) mass is 241 g/mol. The predicted molar refractivity (Wildman–Crippen MR) is 70.3 cm³/mol. The summed E-state index contributed by atoms with van der Waals surface area (Å²) in [4.78, 5) is 4.68. The molecule has 0 spiro atoms. The molecule has 3 rings (SSSR count). The number of pyridine rings is 1. The smallest absolute Gasteiger partial charge is 0.181 e. The molecule has 3 aromatic heterocycles. The Labute approximate surface area is 105 Å². The fourth-order valence-electron chi connectivity index (χ4n) is 2.14. The van der Waals surface area contributed by atoms with Crippen LogP contribution in [-0.2, 0) is 6.42 Å². The zero-order valence-electron chi connectivity index (χ0n) is 10.0. The van der Waals surface area contributed by atoms with E-state index < -0.39 is 0 Å². The maximum absolute atomic E-state index is 5.57. The van der Waals surface area contributed by atoms with Crippen LogP contribution in [0.4, 0.5) is 0 Å². The minimum absolute atomic E-state index is 0.682. The molecule has 0 aliphatic carbocycles. The summed E-state index contributed by atoms with van der Waals surface area (Å²) in [5.41, 5.74) is 7.77. The molecular weight excluding hydrogens is 226 g/mol. The minimum Gasteiger partial charge on any atom is -0.461 e. The molecule has 2 N–H and O–H groups in total. The first-order valence-corrected chi connectivity index (χ1v) is 6.10. The van der Waals surface area contributed by atoms with E-state index in [1.54, 1.807) is 6.26 Å². The predicted octanol–water partition coefficient (Wildman–Crippen LogP) is 2.49. The molecule has 0 bridgehead atoms. The van der Waals surface area contributed by atoms with Gasteiger partial charge < -0.3 is 10.2 Å². The zero-order valence-corrected chi connectivity index (χ0v) is 10.0. The lowest BCUT2D eigenvalue weighted by Crippen LogP contribution is -2.00. The average molecular weight is 241 g/mol. The summed E-state index contributed by atoms with van der Waals surface area (Å²) in [6.07, 6.45) is 5.51. The lowest BCUT2D eigenvalue weighted by molar-refractivity contribution is 0.576. The first-order valence-electron chi connectivity index (χ1n) is 6.10. The third kappa shape index (κ3) is 1.80. The number of imidazole rings is 1. The first kappa shape index (κ1) is 11.0. The van der Waals surface area contributed by atoms with Crippen LogP contribution in [0.2, 0.25) is 0 Å². The second-order valence-electron chi connectivity index (χ2n) is 4.21. The van der Waals surface area contributed by atoms with Crippen molar-refractivity contribution in [2.45, 2.75) is 12.8 Å². The van der Waals surface area contributed by atoms with Crippen molar-refractivity contribution in [3.05, 3.63) is 48.5 Å². The fourth-order valence-corrected chi connectivity index (χ4v) is 2.14. The average Bonchev–Trinajstić information content (AvgIpc) is 3.04. The number of furan rings is 1. The second-order valence-corrected chi connectivity index (χ2v) is 4.21. The van der Waals surface area contributed by atoms with Crippen LogP contribution in [0.3, 0.4) is 0 Å². The van der Waals surface area contributed by atoms with Crippen molar-refractivity contribution in [2.24, 2.45) is 5.73 Å².